The Balaban J connectivity index is 1.14. The lowest BCUT2D eigenvalue weighted by molar-refractivity contribution is 0.615. The van der Waals surface area contributed by atoms with Gasteiger partial charge in [-0.3, -0.25) is 0 Å². The number of para-hydroxylation sites is 4. The monoisotopic (exact) mass is 592 g/mol. The van der Waals surface area contributed by atoms with Gasteiger partial charge < -0.3 is 8.83 Å². The first-order valence-corrected chi connectivity index (χ1v) is 15.1. The lowest BCUT2D eigenvalue weighted by Crippen LogP contribution is -2.00. The molecule has 0 fully saturated rings. The topological polar surface area (TPSA) is 77.8 Å². The van der Waals surface area contributed by atoms with E-state index >= 15 is 0 Å². The summed E-state index contributed by atoms with van der Waals surface area (Å²) >= 11 is 0. The van der Waals surface area contributed by atoms with E-state index in [-0.39, 0.29) is 0 Å². The fourth-order valence-corrected chi connectivity index (χ4v) is 5.94. The molecule has 0 aliphatic heterocycles. The molecule has 0 saturated heterocycles. The van der Waals surface area contributed by atoms with Crippen molar-refractivity contribution in [2.24, 2.45) is 0 Å². The maximum Gasteiger partial charge on any atom is 0.231 e. The molecule has 0 spiro atoms. The molecule has 0 aliphatic rings. The number of hydrogen-bond acceptors (Lipinski definition) is 6. The minimum absolute atomic E-state index is 0.541. The number of rotatable bonds is 5. The standard InChI is InChI=1S/C40H24N4O2/c1-3-11-26(12-4-1)37-42-38(27-13-5-2-6-14-27)44-39(43-37)28-23-21-25(22-24-28)29-15-9-16-30-31-17-10-18-32(36(31)46-35(29)30)40-41-33-19-7-8-20-34(33)45-40/h1-24H. The lowest BCUT2D eigenvalue weighted by atomic mass is 10.0. The normalized spacial score (nSPS) is 11.5. The Kier molecular flexibility index (Phi) is 6.03. The first kappa shape index (κ1) is 26.0. The van der Waals surface area contributed by atoms with Crippen LogP contribution in [0.4, 0.5) is 0 Å². The molecule has 216 valence electrons. The van der Waals surface area contributed by atoms with Gasteiger partial charge in [0.05, 0.1) is 5.56 Å². The highest BCUT2D eigenvalue weighted by atomic mass is 16.4. The third kappa shape index (κ3) is 4.43. The second kappa shape index (κ2) is 10.6. The van der Waals surface area contributed by atoms with Crippen LogP contribution < -0.4 is 0 Å². The van der Waals surface area contributed by atoms with Crippen LogP contribution in [0.15, 0.2) is 154 Å². The SMILES string of the molecule is c1ccc(-c2nc(-c3ccccc3)nc(-c3ccc(-c4cccc5c4oc4c(-c6nc7ccccc7o6)cccc45)cc3)n2)cc1. The molecular formula is C40H24N4O2. The second-order valence-electron chi connectivity index (χ2n) is 11.1. The highest BCUT2D eigenvalue weighted by Gasteiger charge is 2.19. The molecule has 0 unspecified atom stereocenters. The largest absolute Gasteiger partial charge is 0.455 e. The van der Waals surface area contributed by atoms with Gasteiger partial charge in [0.25, 0.3) is 0 Å². The van der Waals surface area contributed by atoms with Crippen molar-refractivity contribution < 1.29 is 8.83 Å². The number of nitrogens with zero attached hydrogens (tertiary/aromatic N) is 4. The molecular weight excluding hydrogens is 568 g/mol. The minimum Gasteiger partial charge on any atom is -0.455 e. The van der Waals surface area contributed by atoms with Gasteiger partial charge in [-0.15, -0.1) is 0 Å². The average Bonchev–Trinajstić information content (AvgIpc) is 3.74. The maximum atomic E-state index is 6.63. The van der Waals surface area contributed by atoms with E-state index in [1.807, 2.05) is 97.1 Å². The van der Waals surface area contributed by atoms with E-state index in [0.717, 1.165) is 66.4 Å². The molecule has 0 amide bonds. The van der Waals surface area contributed by atoms with Crippen LogP contribution in [0.3, 0.4) is 0 Å². The summed E-state index contributed by atoms with van der Waals surface area (Å²) in [6.07, 6.45) is 0. The summed E-state index contributed by atoms with van der Waals surface area (Å²) in [6, 6.07) is 48.4. The molecule has 9 aromatic rings. The van der Waals surface area contributed by atoms with Crippen LogP contribution in [0.1, 0.15) is 0 Å². The minimum atomic E-state index is 0.541. The number of hydrogen-bond donors (Lipinski definition) is 0. The van der Waals surface area contributed by atoms with Crippen molar-refractivity contribution >= 4 is 33.0 Å². The summed E-state index contributed by atoms with van der Waals surface area (Å²) in [6.45, 7) is 0. The molecule has 6 aromatic carbocycles. The molecule has 46 heavy (non-hydrogen) atoms. The number of aromatic nitrogens is 4. The molecule has 0 aliphatic carbocycles. The van der Waals surface area contributed by atoms with Crippen molar-refractivity contribution in [3.8, 4) is 56.7 Å². The number of fused-ring (bicyclic) bond motifs is 4. The van der Waals surface area contributed by atoms with E-state index in [2.05, 4.69) is 48.5 Å². The number of furan rings is 1. The van der Waals surface area contributed by atoms with E-state index in [1.165, 1.54) is 0 Å². The maximum absolute atomic E-state index is 6.63. The smallest absolute Gasteiger partial charge is 0.231 e. The van der Waals surface area contributed by atoms with Gasteiger partial charge in [0, 0.05) is 33.0 Å². The molecule has 9 rings (SSSR count). The van der Waals surface area contributed by atoms with Gasteiger partial charge in [-0.2, -0.15) is 0 Å². The predicted octanol–water partition coefficient (Wildman–Crippen LogP) is 10.2. The van der Waals surface area contributed by atoms with Crippen LogP contribution in [0.5, 0.6) is 0 Å². The van der Waals surface area contributed by atoms with Crippen molar-refractivity contribution in [2.45, 2.75) is 0 Å². The summed E-state index contributed by atoms with van der Waals surface area (Å²) in [5.74, 6) is 2.42. The van der Waals surface area contributed by atoms with Crippen molar-refractivity contribution in [1.29, 1.82) is 0 Å². The third-order valence-electron chi connectivity index (χ3n) is 8.20. The first-order chi connectivity index (χ1) is 22.8. The van der Waals surface area contributed by atoms with Crippen molar-refractivity contribution in [2.75, 3.05) is 0 Å². The van der Waals surface area contributed by atoms with Crippen LogP contribution in [-0.2, 0) is 0 Å². The van der Waals surface area contributed by atoms with Gasteiger partial charge in [0.15, 0.2) is 23.1 Å². The molecule has 0 atom stereocenters. The van der Waals surface area contributed by atoms with E-state index in [0.29, 0.717) is 23.4 Å². The molecule has 0 bridgehead atoms. The van der Waals surface area contributed by atoms with Gasteiger partial charge in [0.2, 0.25) is 5.89 Å². The summed E-state index contributed by atoms with van der Waals surface area (Å²) in [5.41, 5.74) is 8.74. The zero-order valence-corrected chi connectivity index (χ0v) is 24.5. The van der Waals surface area contributed by atoms with E-state index in [1.54, 1.807) is 0 Å². The van der Waals surface area contributed by atoms with Gasteiger partial charge in [0.1, 0.15) is 16.7 Å². The molecule has 6 nitrogen and oxygen atoms in total. The van der Waals surface area contributed by atoms with Gasteiger partial charge >= 0.3 is 0 Å². The summed E-state index contributed by atoms with van der Waals surface area (Å²) in [4.78, 5) is 19.3. The molecule has 6 heteroatoms. The average molecular weight is 593 g/mol. The fraction of sp³-hybridized carbons (Fsp3) is 0. The quantitative estimate of drug-likeness (QED) is 0.198. The lowest BCUT2D eigenvalue weighted by Gasteiger charge is -2.09. The number of oxazole rings is 1. The van der Waals surface area contributed by atoms with Crippen LogP contribution in [0, 0.1) is 0 Å². The summed E-state index contributed by atoms with van der Waals surface area (Å²) in [7, 11) is 0. The Hall–Kier alpha value is -6.40. The summed E-state index contributed by atoms with van der Waals surface area (Å²) < 4.78 is 12.7. The van der Waals surface area contributed by atoms with Crippen molar-refractivity contribution in [1.82, 2.24) is 19.9 Å². The molecule has 0 N–H and O–H groups in total. The Morgan fingerprint density at radius 3 is 1.46 bits per heavy atom. The van der Waals surface area contributed by atoms with Crippen LogP contribution in [0.25, 0.3) is 89.8 Å². The summed E-state index contributed by atoms with van der Waals surface area (Å²) in [5, 5.41) is 2.05. The first-order valence-electron chi connectivity index (χ1n) is 15.1. The zero-order chi connectivity index (χ0) is 30.5. The van der Waals surface area contributed by atoms with Gasteiger partial charge in [-0.1, -0.05) is 127 Å². The highest BCUT2D eigenvalue weighted by molar-refractivity contribution is 6.12. The van der Waals surface area contributed by atoms with Crippen LogP contribution >= 0.6 is 0 Å². The Morgan fingerprint density at radius 1 is 0.348 bits per heavy atom. The Morgan fingerprint density at radius 2 is 0.848 bits per heavy atom. The highest BCUT2D eigenvalue weighted by Crippen LogP contribution is 2.40. The van der Waals surface area contributed by atoms with Gasteiger partial charge in [-0.05, 0) is 23.8 Å². The van der Waals surface area contributed by atoms with Crippen molar-refractivity contribution in [3.05, 3.63) is 146 Å². The Bertz CT molecular complexity index is 2430. The third-order valence-corrected chi connectivity index (χ3v) is 8.20. The second-order valence-corrected chi connectivity index (χ2v) is 11.1. The molecule has 3 heterocycles. The fourth-order valence-electron chi connectivity index (χ4n) is 5.94. The van der Waals surface area contributed by atoms with Crippen LogP contribution in [-0.4, -0.2) is 19.9 Å². The van der Waals surface area contributed by atoms with E-state index in [4.69, 9.17) is 28.8 Å². The van der Waals surface area contributed by atoms with Crippen LogP contribution in [0.2, 0.25) is 0 Å². The zero-order valence-electron chi connectivity index (χ0n) is 24.5. The predicted molar refractivity (Wildman–Crippen MR) is 182 cm³/mol. The molecule has 0 saturated carbocycles. The van der Waals surface area contributed by atoms with E-state index in [9.17, 15) is 0 Å². The molecule has 3 aromatic heterocycles. The van der Waals surface area contributed by atoms with Crippen molar-refractivity contribution in [3.63, 3.8) is 0 Å². The Labute approximate surface area is 263 Å². The molecule has 0 radical (unpaired) electrons. The number of benzene rings is 6. The van der Waals surface area contributed by atoms with Gasteiger partial charge in [-0.25, -0.2) is 19.9 Å². The van der Waals surface area contributed by atoms with E-state index < -0.39 is 0 Å².